The third-order valence-electron chi connectivity index (χ3n) is 3.89. The van der Waals surface area contributed by atoms with Crippen LogP contribution in [0, 0.1) is 0 Å². The van der Waals surface area contributed by atoms with Gasteiger partial charge >= 0.3 is 0 Å². The highest BCUT2D eigenvalue weighted by atomic mass is 28.4. The first-order valence-electron chi connectivity index (χ1n) is 7.14. The second kappa shape index (κ2) is 8.30. The highest BCUT2D eigenvalue weighted by Gasteiger charge is 2.38. The summed E-state index contributed by atoms with van der Waals surface area (Å²) in [6.07, 6.45) is 4.81. The molecule has 0 heterocycles. The first kappa shape index (κ1) is 18.1. The quantitative estimate of drug-likeness (QED) is 0.502. The number of hydrogen-bond acceptors (Lipinski definition) is 3. The summed E-state index contributed by atoms with van der Waals surface area (Å²) >= 11 is 0. The van der Waals surface area contributed by atoms with Crippen molar-refractivity contribution in [3.05, 3.63) is 0 Å². The van der Waals surface area contributed by atoms with Gasteiger partial charge in [0.05, 0.1) is 0 Å². The molecule has 2 N–H and O–H groups in total. The molecule has 0 aliphatic rings. The fourth-order valence-corrected chi connectivity index (χ4v) is 3.08. The van der Waals surface area contributed by atoms with Gasteiger partial charge in [0, 0.05) is 19.3 Å². The first-order chi connectivity index (χ1) is 8.24. The average Bonchev–Trinajstić information content (AvgIpc) is 2.24. The van der Waals surface area contributed by atoms with Crippen LogP contribution in [0.4, 0.5) is 0 Å². The predicted octanol–water partition coefficient (Wildman–Crippen LogP) is 3.31. The van der Waals surface area contributed by atoms with Gasteiger partial charge < -0.3 is 14.6 Å². The van der Waals surface area contributed by atoms with E-state index in [-0.39, 0.29) is 24.4 Å². The summed E-state index contributed by atoms with van der Waals surface area (Å²) in [4.78, 5) is 0. The molecule has 0 bridgehead atoms. The molecule has 1 atom stereocenters. The van der Waals surface area contributed by atoms with E-state index in [0.717, 1.165) is 32.1 Å². The molecule has 0 aromatic carbocycles. The van der Waals surface area contributed by atoms with E-state index in [9.17, 15) is 0 Å². The second-order valence-electron chi connectivity index (χ2n) is 6.59. The van der Waals surface area contributed by atoms with Gasteiger partial charge in [0.2, 0.25) is 0 Å². The molecule has 0 rings (SSSR count). The highest BCUT2D eigenvalue weighted by molar-refractivity contribution is 6.74. The van der Waals surface area contributed by atoms with E-state index in [0.29, 0.717) is 0 Å². The van der Waals surface area contributed by atoms with Crippen molar-refractivity contribution < 1.29 is 14.6 Å². The third kappa shape index (κ3) is 6.88. The van der Waals surface area contributed by atoms with Crippen molar-refractivity contribution >= 4 is 8.32 Å². The Balaban J connectivity index is 4.37. The van der Waals surface area contributed by atoms with Crippen molar-refractivity contribution in [2.45, 2.75) is 77.1 Å². The highest BCUT2D eigenvalue weighted by Crippen LogP contribution is 2.38. The van der Waals surface area contributed by atoms with Crippen LogP contribution in [-0.2, 0) is 4.43 Å². The lowest BCUT2D eigenvalue weighted by atomic mass is 10.1. The molecule has 0 aromatic rings. The summed E-state index contributed by atoms with van der Waals surface area (Å²) in [7, 11) is -1.72. The lowest BCUT2D eigenvalue weighted by Crippen LogP contribution is -2.44. The van der Waals surface area contributed by atoms with Crippen molar-refractivity contribution in [2.24, 2.45) is 0 Å². The van der Waals surface area contributed by atoms with Gasteiger partial charge in [0.1, 0.15) is 0 Å². The zero-order valence-corrected chi connectivity index (χ0v) is 13.8. The van der Waals surface area contributed by atoms with Gasteiger partial charge in [0.25, 0.3) is 0 Å². The Morgan fingerprint density at radius 2 is 1.44 bits per heavy atom. The summed E-state index contributed by atoms with van der Waals surface area (Å²) in [5.74, 6) is 0. The summed E-state index contributed by atoms with van der Waals surface area (Å²) < 4.78 is 6.40. The van der Waals surface area contributed by atoms with E-state index < -0.39 is 8.32 Å². The van der Waals surface area contributed by atoms with E-state index in [2.05, 4.69) is 33.9 Å². The number of hydrogen-bond donors (Lipinski definition) is 2. The maximum Gasteiger partial charge on any atom is 0.192 e. The maximum atomic E-state index is 8.96. The number of rotatable bonds is 9. The van der Waals surface area contributed by atoms with Crippen LogP contribution in [0.5, 0.6) is 0 Å². The molecule has 0 aromatic heterocycles. The molecule has 110 valence electrons. The van der Waals surface area contributed by atoms with Gasteiger partial charge in [-0.15, -0.1) is 0 Å². The van der Waals surface area contributed by atoms with Crippen molar-refractivity contribution in [1.29, 1.82) is 0 Å². The standard InChI is InChI=1S/C14H32O3Si/c1-14(2,3)18(4,5)17-13(10-8-12-16)9-6-7-11-15/h13,15-16H,6-12H2,1-5H3. The molecular formula is C14H32O3Si. The Labute approximate surface area is 114 Å². The Bertz CT molecular complexity index is 212. The largest absolute Gasteiger partial charge is 0.414 e. The number of unbranched alkanes of at least 4 members (excludes halogenated alkanes) is 1. The van der Waals surface area contributed by atoms with Crippen LogP contribution in [0.1, 0.15) is 52.9 Å². The van der Waals surface area contributed by atoms with Crippen molar-refractivity contribution in [3.63, 3.8) is 0 Å². The van der Waals surface area contributed by atoms with Crippen LogP contribution in [0.3, 0.4) is 0 Å². The zero-order valence-electron chi connectivity index (χ0n) is 12.8. The summed E-state index contributed by atoms with van der Waals surface area (Å²) in [5, 5.41) is 18.0. The molecule has 0 amide bonds. The molecule has 3 nitrogen and oxygen atoms in total. The fraction of sp³-hybridized carbons (Fsp3) is 1.00. The average molecular weight is 276 g/mol. The molecule has 4 heteroatoms. The van der Waals surface area contributed by atoms with Crippen LogP contribution in [0.15, 0.2) is 0 Å². The van der Waals surface area contributed by atoms with E-state index in [1.54, 1.807) is 0 Å². The number of aliphatic hydroxyl groups is 2. The van der Waals surface area contributed by atoms with Crippen LogP contribution < -0.4 is 0 Å². The molecular weight excluding hydrogens is 244 g/mol. The van der Waals surface area contributed by atoms with Crippen molar-refractivity contribution in [1.82, 2.24) is 0 Å². The fourth-order valence-electron chi connectivity index (χ4n) is 1.66. The van der Waals surface area contributed by atoms with Gasteiger partial charge in [-0.05, 0) is 50.2 Å². The molecule has 0 saturated heterocycles. The maximum absolute atomic E-state index is 8.96. The number of aliphatic hydroxyl groups excluding tert-OH is 2. The minimum Gasteiger partial charge on any atom is -0.414 e. The predicted molar refractivity (Wildman–Crippen MR) is 79.3 cm³/mol. The summed E-state index contributed by atoms with van der Waals surface area (Å²) in [5.41, 5.74) is 0. The summed E-state index contributed by atoms with van der Waals surface area (Å²) in [6.45, 7) is 11.8. The molecule has 0 aliphatic carbocycles. The van der Waals surface area contributed by atoms with E-state index in [1.807, 2.05) is 0 Å². The Morgan fingerprint density at radius 1 is 0.944 bits per heavy atom. The summed E-state index contributed by atoms with van der Waals surface area (Å²) in [6, 6.07) is 0. The van der Waals surface area contributed by atoms with Crippen molar-refractivity contribution in [3.8, 4) is 0 Å². The third-order valence-corrected chi connectivity index (χ3v) is 8.42. The molecule has 18 heavy (non-hydrogen) atoms. The van der Waals surface area contributed by atoms with Gasteiger partial charge in [0.15, 0.2) is 8.32 Å². The van der Waals surface area contributed by atoms with Gasteiger partial charge in [-0.3, -0.25) is 0 Å². The van der Waals surface area contributed by atoms with Gasteiger partial charge in [-0.25, -0.2) is 0 Å². The molecule has 0 spiro atoms. The van der Waals surface area contributed by atoms with Gasteiger partial charge in [-0.1, -0.05) is 20.8 Å². The Morgan fingerprint density at radius 3 is 1.89 bits per heavy atom. The minimum absolute atomic E-state index is 0.224. The molecule has 0 radical (unpaired) electrons. The van der Waals surface area contributed by atoms with Crippen LogP contribution in [0.25, 0.3) is 0 Å². The van der Waals surface area contributed by atoms with Crippen molar-refractivity contribution in [2.75, 3.05) is 13.2 Å². The topological polar surface area (TPSA) is 49.7 Å². The molecule has 1 unspecified atom stereocenters. The monoisotopic (exact) mass is 276 g/mol. The smallest absolute Gasteiger partial charge is 0.192 e. The SMILES string of the molecule is CC(C)(C)[Si](C)(C)OC(CCCO)CCCCO. The Kier molecular flexibility index (Phi) is 8.35. The molecule has 0 saturated carbocycles. The normalized spacial score (nSPS) is 14.8. The van der Waals surface area contributed by atoms with Gasteiger partial charge in [-0.2, -0.15) is 0 Å². The van der Waals surface area contributed by atoms with E-state index >= 15 is 0 Å². The first-order valence-corrected chi connectivity index (χ1v) is 10.0. The lowest BCUT2D eigenvalue weighted by Gasteiger charge is -2.39. The Hall–Kier alpha value is 0.0969. The lowest BCUT2D eigenvalue weighted by molar-refractivity contribution is 0.142. The second-order valence-corrected chi connectivity index (χ2v) is 11.3. The zero-order chi connectivity index (χ0) is 14.2. The van der Waals surface area contributed by atoms with Crippen LogP contribution in [-0.4, -0.2) is 37.8 Å². The molecule has 0 aliphatic heterocycles. The van der Waals surface area contributed by atoms with Crippen LogP contribution >= 0.6 is 0 Å². The van der Waals surface area contributed by atoms with E-state index in [4.69, 9.17) is 14.6 Å². The minimum atomic E-state index is -1.72. The molecule has 0 fully saturated rings. The van der Waals surface area contributed by atoms with E-state index in [1.165, 1.54) is 0 Å². The van der Waals surface area contributed by atoms with Crippen LogP contribution in [0.2, 0.25) is 18.1 Å².